The van der Waals surface area contributed by atoms with Crippen molar-refractivity contribution < 1.29 is 4.79 Å². The molecule has 0 bridgehead atoms. The Bertz CT molecular complexity index is 343. The molecule has 0 spiro atoms. The van der Waals surface area contributed by atoms with Crippen molar-refractivity contribution in [3.63, 3.8) is 0 Å². The number of carbonyl (C=O) groups is 1. The van der Waals surface area contributed by atoms with Gasteiger partial charge in [0, 0.05) is 29.0 Å². The number of amides is 1. The molecule has 0 saturated heterocycles. The van der Waals surface area contributed by atoms with Crippen molar-refractivity contribution in [1.29, 1.82) is 0 Å². The van der Waals surface area contributed by atoms with Gasteiger partial charge in [-0.05, 0) is 25.1 Å². The Hall–Kier alpha value is -0.540. The van der Waals surface area contributed by atoms with E-state index in [1.807, 2.05) is 31.2 Å². The molecule has 1 rings (SSSR count). The van der Waals surface area contributed by atoms with Gasteiger partial charge in [-0.1, -0.05) is 22.0 Å². The highest BCUT2D eigenvalue weighted by Gasteiger charge is 2.13. The predicted molar refractivity (Wildman–Crippen MR) is 66.4 cm³/mol. The topological polar surface area (TPSA) is 20.3 Å². The van der Waals surface area contributed by atoms with Crippen molar-refractivity contribution in [2.75, 3.05) is 19.0 Å². The summed E-state index contributed by atoms with van der Waals surface area (Å²) in [7, 11) is 0. The van der Waals surface area contributed by atoms with E-state index in [9.17, 15) is 4.79 Å². The third kappa shape index (κ3) is 3.50. The lowest BCUT2D eigenvalue weighted by Crippen LogP contribution is -2.32. The molecule has 2 nitrogen and oxygen atoms in total. The van der Waals surface area contributed by atoms with Gasteiger partial charge >= 0.3 is 0 Å². The van der Waals surface area contributed by atoms with E-state index in [2.05, 4.69) is 15.9 Å². The summed E-state index contributed by atoms with van der Waals surface area (Å²) in [5.41, 5.74) is 0.691. The van der Waals surface area contributed by atoms with Crippen molar-refractivity contribution in [2.45, 2.75) is 6.92 Å². The second-order valence-electron chi connectivity index (χ2n) is 3.08. The van der Waals surface area contributed by atoms with E-state index in [0.29, 0.717) is 24.5 Å². The number of benzene rings is 1. The van der Waals surface area contributed by atoms with Crippen LogP contribution in [0, 0.1) is 0 Å². The van der Waals surface area contributed by atoms with Gasteiger partial charge in [0.15, 0.2) is 0 Å². The number of hydrogen-bond acceptors (Lipinski definition) is 1. The summed E-state index contributed by atoms with van der Waals surface area (Å²) in [6.07, 6.45) is 0. The second kappa shape index (κ2) is 6.13. The van der Waals surface area contributed by atoms with E-state index >= 15 is 0 Å². The fourth-order valence-electron chi connectivity index (χ4n) is 1.31. The molecule has 1 aromatic rings. The van der Waals surface area contributed by atoms with Crippen LogP contribution in [0.5, 0.6) is 0 Å². The highest BCUT2D eigenvalue weighted by Crippen LogP contribution is 2.13. The quantitative estimate of drug-likeness (QED) is 0.780. The van der Waals surface area contributed by atoms with Crippen molar-refractivity contribution in [3.8, 4) is 0 Å². The third-order valence-electron chi connectivity index (χ3n) is 2.09. The summed E-state index contributed by atoms with van der Waals surface area (Å²) in [4.78, 5) is 13.7. The molecule has 0 fully saturated rings. The largest absolute Gasteiger partial charge is 0.338 e. The maximum atomic E-state index is 12.0. The summed E-state index contributed by atoms with van der Waals surface area (Å²) in [5, 5.41) is 0. The molecule has 0 saturated carbocycles. The number of carbonyl (C=O) groups excluding carboxylic acids is 1. The molecule has 0 atom stereocenters. The lowest BCUT2D eigenvalue weighted by Gasteiger charge is -2.19. The highest BCUT2D eigenvalue weighted by atomic mass is 79.9. The molecule has 0 aliphatic carbocycles. The first-order chi connectivity index (χ1) is 7.19. The lowest BCUT2D eigenvalue weighted by molar-refractivity contribution is 0.0774. The number of hydrogen-bond donors (Lipinski definition) is 0. The van der Waals surface area contributed by atoms with Crippen LogP contribution in [0.2, 0.25) is 0 Å². The van der Waals surface area contributed by atoms with Gasteiger partial charge in [-0.3, -0.25) is 4.79 Å². The number of alkyl halides is 1. The van der Waals surface area contributed by atoms with Crippen LogP contribution in [0.1, 0.15) is 17.3 Å². The molecular formula is C11H13BrClNO. The standard InChI is InChI=1S/C11H13BrClNO/c1-2-14(7-6-13)11(15)9-4-3-5-10(12)8-9/h3-5,8H,2,6-7H2,1H3. The summed E-state index contributed by atoms with van der Waals surface area (Å²) in [5.74, 6) is 0.493. The zero-order chi connectivity index (χ0) is 11.3. The number of halogens is 2. The Morgan fingerprint density at radius 1 is 1.53 bits per heavy atom. The van der Waals surface area contributed by atoms with Gasteiger partial charge in [0.05, 0.1) is 0 Å². The molecule has 0 aromatic heterocycles. The molecule has 0 unspecified atom stereocenters. The van der Waals surface area contributed by atoms with Gasteiger partial charge in [0.1, 0.15) is 0 Å². The molecule has 4 heteroatoms. The van der Waals surface area contributed by atoms with Crippen LogP contribution in [0.25, 0.3) is 0 Å². The van der Waals surface area contributed by atoms with Crippen molar-refractivity contribution in [3.05, 3.63) is 34.3 Å². The van der Waals surface area contributed by atoms with Gasteiger partial charge in [0.2, 0.25) is 0 Å². The molecule has 0 aliphatic rings. The maximum Gasteiger partial charge on any atom is 0.253 e. The van der Waals surface area contributed by atoms with Crippen LogP contribution in [-0.2, 0) is 0 Å². The number of rotatable bonds is 4. The molecule has 0 radical (unpaired) electrons. The highest BCUT2D eigenvalue weighted by molar-refractivity contribution is 9.10. The normalized spacial score (nSPS) is 10.1. The monoisotopic (exact) mass is 289 g/mol. The molecule has 15 heavy (non-hydrogen) atoms. The van der Waals surface area contributed by atoms with Crippen LogP contribution in [0.4, 0.5) is 0 Å². The Kier molecular flexibility index (Phi) is 5.12. The van der Waals surface area contributed by atoms with Crippen molar-refractivity contribution >= 4 is 33.4 Å². The molecular weight excluding hydrogens is 277 g/mol. The Labute approximate surface area is 103 Å². The average Bonchev–Trinajstić information content (AvgIpc) is 2.25. The minimum absolute atomic E-state index is 0.0273. The first-order valence-electron chi connectivity index (χ1n) is 4.79. The fourth-order valence-corrected chi connectivity index (χ4v) is 1.91. The van der Waals surface area contributed by atoms with E-state index in [1.54, 1.807) is 4.90 Å². The van der Waals surface area contributed by atoms with Gasteiger partial charge in [0.25, 0.3) is 5.91 Å². The van der Waals surface area contributed by atoms with E-state index in [-0.39, 0.29) is 5.91 Å². The molecule has 1 aromatic carbocycles. The summed E-state index contributed by atoms with van der Waals surface area (Å²) < 4.78 is 0.912. The Morgan fingerprint density at radius 2 is 2.27 bits per heavy atom. The van der Waals surface area contributed by atoms with E-state index < -0.39 is 0 Å². The summed E-state index contributed by atoms with van der Waals surface area (Å²) in [6.45, 7) is 3.21. The van der Waals surface area contributed by atoms with Crippen molar-refractivity contribution in [1.82, 2.24) is 4.90 Å². The third-order valence-corrected chi connectivity index (χ3v) is 2.76. The minimum Gasteiger partial charge on any atom is -0.338 e. The van der Waals surface area contributed by atoms with E-state index in [1.165, 1.54) is 0 Å². The van der Waals surface area contributed by atoms with Crippen molar-refractivity contribution in [2.24, 2.45) is 0 Å². The van der Waals surface area contributed by atoms with Crippen LogP contribution in [0.15, 0.2) is 28.7 Å². The second-order valence-corrected chi connectivity index (χ2v) is 4.38. The summed E-state index contributed by atoms with van der Waals surface area (Å²) in [6, 6.07) is 7.38. The minimum atomic E-state index is 0.0273. The first kappa shape index (κ1) is 12.5. The molecule has 0 N–H and O–H groups in total. The summed E-state index contributed by atoms with van der Waals surface area (Å²) >= 11 is 8.98. The average molecular weight is 291 g/mol. The van der Waals surface area contributed by atoms with E-state index in [4.69, 9.17) is 11.6 Å². The fraction of sp³-hybridized carbons (Fsp3) is 0.364. The van der Waals surface area contributed by atoms with Crippen LogP contribution >= 0.6 is 27.5 Å². The van der Waals surface area contributed by atoms with Crippen LogP contribution in [-0.4, -0.2) is 29.8 Å². The molecule has 0 aliphatic heterocycles. The Morgan fingerprint density at radius 3 is 2.80 bits per heavy atom. The SMILES string of the molecule is CCN(CCCl)C(=O)c1cccc(Br)c1. The maximum absolute atomic E-state index is 12.0. The Balaban J connectivity index is 2.82. The lowest BCUT2D eigenvalue weighted by atomic mass is 10.2. The van der Waals surface area contributed by atoms with Gasteiger partial charge in [-0.2, -0.15) is 0 Å². The first-order valence-corrected chi connectivity index (χ1v) is 6.12. The molecule has 82 valence electrons. The van der Waals surface area contributed by atoms with Crippen LogP contribution < -0.4 is 0 Å². The predicted octanol–water partition coefficient (Wildman–Crippen LogP) is 3.15. The molecule has 0 heterocycles. The van der Waals surface area contributed by atoms with Crippen LogP contribution in [0.3, 0.4) is 0 Å². The van der Waals surface area contributed by atoms with Gasteiger partial charge < -0.3 is 4.90 Å². The zero-order valence-electron chi connectivity index (χ0n) is 8.54. The van der Waals surface area contributed by atoms with Gasteiger partial charge in [-0.25, -0.2) is 0 Å². The van der Waals surface area contributed by atoms with E-state index in [0.717, 1.165) is 4.47 Å². The van der Waals surface area contributed by atoms with Gasteiger partial charge in [-0.15, -0.1) is 11.6 Å². The molecule has 1 amide bonds. The smallest absolute Gasteiger partial charge is 0.253 e. The number of nitrogens with zero attached hydrogens (tertiary/aromatic N) is 1. The zero-order valence-corrected chi connectivity index (χ0v) is 10.9.